The molecule has 0 bridgehead atoms. The summed E-state index contributed by atoms with van der Waals surface area (Å²) in [6.45, 7) is 2.50. The maximum absolute atomic E-state index is 3.28. The van der Waals surface area contributed by atoms with Crippen molar-refractivity contribution in [2.75, 3.05) is 13.1 Å². The maximum atomic E-state index is 3.28. The smallest absolute Gasteiger partial charge is 0 e. The Hall–Kier alpha value is 0.466. The van der Waals surface area contributed by atoms with E-state index < -0.39 is 0 Å². The molecule has 1 nitrogen and oxygen atoms in total. The molecule has 0 atom stereocenters. The largest absolute Gasteiger partial charge is 0.317 e. The summed E-state index contributed by atoms with van der Waals surface area (Å²) in [4.78, 5) is 0. The van der Waals surface area contributed by atoms with Gasteiger partial charge in [-0.1, -0.05) is 6.42 Å². The zero-order valence-electron chi connectivity index (χ0n) is 4.37. The Morgan fingerprint density at radius 2 is 1.43 bits per heavy atom. The summed E-state index contributed by atoms with van der Waals surface area (Å²) in [5.41, 5.74) is 0. The molecule has 2 heteroatoms. The van der Waals surface area contributed by atoms with E-state index in [0.717, 1.165) is 0 Å². The van der Waals surface area contributed by atoms with Crippen LogP contribution in [0.5, 0.6) is 0 Å². The Balaban J connectivity index is 0.000000360. The van der Waals surface area contributed by atoms with Crippen molar-refractivity contribution in [1.29, 1.82) is 0 Å². The summed E-state index contributed by atoms with van der Waals surface area (Å²) >= 11 is 0. The summed E-state index contributed by atoms with van der Waals surface area (Å²) in [6, 6.07) is 0. The Bertz CT molecular complexity index is 23.6. The molecule has 1 saturated heterocycles. The van der Waals surface area contributed by atoms with E-state index in [1.807, 2.05) is 0 Å². The molecule has 1 fully saturated rings. The van der Waals surface area contributed by atoms with Gasteiger partial charge in [0.1, 0.15) is 0 Å². The number of rotatable bonds is 0. The molecule has 0 spiro atoms. The van der Waals surface area contributed by atoms with Gasteiger partial charge in [0.25, 0.3) is 0 Å². The van der Waals surface area contributed by atoms with Gasteiger partial charge in [-0.15, -0.1) is 0 Å². The van der Waals surface area contributed by atoms with Gasteiger partial charge in [0.05, 0.1) is 0 Å². The molecule has 0 aromatic rings. The van der Waals surface area contributed by atoms with Gasteiger partial charge in [-0.3, -0.25) is 0 Å². The molecule has 0 aromatic heterocycles. The Morgan fingerprint density at radius 1 is 0.857 bits per heavy atom. The van der Waals surface area contributed by atoms with Crippen molar-refractivity contribution < 1.29 is 16.8 Å². The quantitative estimate of drug-likeness (QED) is 0.529. The molecule has 1 radical (unpaired) electrons. The molecule has 0 aliphatic carbocycles. The average molecular weight is 144 g/mol. The van der Waals surface area contributed by atoms with E-state index in [1.165, 1.54) is 32.4 Å². The van der Waals surface area contributed by atoms with Crippen molar-refractivity contribution in [3.8, 4) is 0 Å². The molecule has 1 N–H and O–H groups in total. The third-order valence-electron chi connectivity index (χ3n) is 1.21. The maximum Gasteiger partial charge on any atom is 0 e. The molecule has 0 saturated carbocycles. The molecular weight excluding hydrogens is 133 g/mol. The average Bonchev–Trinajstić information content (AvgIpc) is 1.72. The second-order valence-corrected chi connectivity index (χ2v) is 1.81. The van der Waals surface area contributed by atoms with Crippen LogP contribution in [0, 0.1) is 0 Å². The van der Waals surface area contributed by atoms with E-state index in [0.29, 0.717) is 0 Å². The number of nitrogens with one attached hydrogen (secondary N) is 1. The van der Waals surface area contributed by atoms with Crippen LogP contribution in [0.3, 0.4) is 0 Å². The number of hydrogen-bond acceptors (Lipinski definition) is 1. The fourth-order valence-corrected chi connectivity index (χ4v) is 0.802. The van der Waals surface area contributed by atoms with Gasteiger partial charge in [0.2, 0.25) is 0 Å². The summed E-state index contributed by atoms with van der Waals surface area (Å²) in [5, 5.41) is 3.28. The molecule has 0 amide bonds. The van der Waals surface area contributed by atoms with Crippen LogP contribution in [0.25, 0.3) is 0 Å². The summed E-state index contributed by atoms with van der Waals surface area (Å²) in [5.74, 6) is 0. The molecule has 7 heavy (non-hydrogen) atoms. The van der Waals surface area contributed by atoms with E-state index in [4.69, 9.17) is 0 Å². The topological polar surface area (TPSA) is 12.0 Å². The summed E-state index contributed by atoms with van der Waals surface area (Å²) < 4.78 is 0. The van der Waals surface area contributed by atoms with Crippen LogP contribution in [-0.2, 0) is 16.8 Å². The fraction of sp³-hybridized carbons (Fsp3) is 1.00. The molecule has 1 heterocycles. The van der Waals surface area contributed by atoms with Gasteiger partial charge in [-0.05, 0) is 25.9 Å². The normalized spacial score (nSPS) is 20.6. The fourth-order valence-electron chi connectivity index (χ4n) is 0.802. The monoisotopic (exact) mass is 144 g/mol. The van der Waals surface area contributed by atoms with E-state index in [1.54, 1.807) is 0 Å². The third kappa shape index (κ3) is 3.09. The number of piperidine rings is 1. The Labute approximate surface area is 55.1 Å². The van der Waals surface area contributed by atoms with Crippen molar-refractivity contribution in [3.63, 3.8) is 0 Å². The minimum absolute atomic E-state index is 0. The van der Waals surface area contributed by atoms with Crippen molar-refractivity contribution in [2.24, 2.45) is 0 Å². The van der Waals surface area contributed by atoms with Crippen LogP contribution in [0.1, 0.15) is 19.3 Å². The standard InChI is InChI=1S/C5H11N.Co/c1-2-4-6-5-3-1;/h6H,1-5H2;. The van der Waals surface area contributed by atoms with E-state index in [9.17, 15) is 0 Å². The zero-order chi connectivity index (χ0) is 4.24. The molecule has 0 aromatic carbocycles. The van der Waals surface area contributed by atoms with Gasteiger partial charge >= 0.3 is 0 Å². The van der Waals surface area contributed by atoms with Gasteiger partial charge in [0, 0.05) is 16.8 Å². The minimum atomic E-state index is 0. The van der Waals surface area contributed by atoms with E-state index >= 15 is 0 Å². The zero-order valence-corrected chi connectivity index (χ0v) is 5.41. The first-order valence-electron chi connectivity index (χ1n) is 2.71. The SMILES string of the molecule is C1CCNCC1.[Co]. The van der Waals surface area contributed by atoms with Crippen LogP contribution in [0.4, 0.5) is 0 Å². The first kappa shape index (κ1) is 7.47. The summed E-state index contributed by atoms with van der Waals surface area (Å²) in [6.07, 6.45) is 4.22. The third-order valence-corrected chi connectivity index (χ3v) is 1.21. The predicted octanol–water partition coefficient (Wildman–Crippen LogP) is 0.757. The Kier molecular flexibility index (Phi) is 4.93. The van der Waals surface area contributed by atoms with Crippen LogP contribution >= 0.6 is 0 Å². The van der Waals surface area contributed by atoms with Crippen LogP contribution in [0.15, 0.2) is 0 Å². The molecule has 1 aliphatic heterocycles. The first-order chi connectivity index (χ1) is 3.00. The predicted molar refractivity (Wildman–Crippen MR) is 26.7 cm³/mol. The minimum Gasteiger partial charge on any atom is -0.317 e. The van der Waals surface area contributed by atoms with Crippen molar-refractivity contribution in [2.45, 2.75) is 19.3 Å². The number of hydrogen-bond donors (Lipinski definition) is 1. The molecule has 1 aliphatic rings. The molecular formula is C5H11CoN. The van der Waals surface area contributed by atoms with Gasteiger partial charge in [0.15, 0.2) is 0 Å². The van der Waals surface area contributed by atoms with Crippen molar-refractivity contribution in [3.05, 3.63) is 0 Å². The van der Waals surface area contributed by atoms with Crippen molar-refractivity contribution >= 4 is 0 Å². The van der Waals surface area contributed by atoms with Crippen LogP contribution in [0.2, 0.25) is 0 Å². The molecule has 0 unspecified atom stereocenters. The Morgan fingerprint density at radius 3 is 1.57 bits per heavy atom. The van der Waals surface area contributed by atoms with Gasteiger partial charge in [-0.2, -0.15) is 0 Å². The molecule has 45 valence electrons. The first-order valence-corrected chi connectivity index (χ1v) is 2.71. The summed E-state index contributed by atoms with van der Waals surface area (Å²) in [7, 11) is 0. The van der Waals surface area contributed by atoms with E-state index in [2.05, 4.69) is 5.32 Å². The van der Waals surface area contributed by atoms with Crippen molar-refractivity contribution in [1.82, 2.24) is 5.32 Å². The molecule has 1 rings (SSSR count). The second kappa shape index (κ2) is 4.62. The van der Waals surface area contributed by atoms with Gasteiger partial charge < -0.3 is 5.32 Å². The van der Waals surface area contributed by atoms with Crippen LogP contribution < -0.4 is 5.32 Å². The van der Waals surface area contributed by atoms with Gasteiger partial charge in [-0.25, -0.2) is 0 Å². The van der Waals surface area contributed by atoms with Crippen LogP contribution in [-0.4, -0.2) is 13.1 Å². The second-order valence-electron chi connectivity index (χ2n) is 1.81. The van der Waals surface area contributed by atoms with E-state index in [-0.39, 0.29) is 16.8 Å².